The molecule has 0 aromatic heterocycles. The summed E-state index contributed by atoms with van der Waals surface area (Å²) in [4.78, 5) is 0. The average molecular weight is 805 g/mol. The summed E-state index contributed by atoms with van der Waals surface area (Å²) in [6.07, 6.45) is 37.2. The number of unbranched alkanes of at least 4 members (excludes halogenated alkanes) is 25. The molecule has 56 heavy (non-hydrogen) atoms. The molecule has 0 fully saturated rings. The first-order chi connectivity index (χ1) is 27.9. The number of hydrogen-bond donors (Lipinski definition) is 0. The lowest BCUT2D eigenvalue weighted by Crippen LogP contribution is -2.15. The number of hydrogen-bond acceptors (Lipinski definition) is 9. The van der Waals surface area contributed by atoms with Gasteiger partial charge >= 0.3 is 0 Å². The predicted molar refractivity (Wildman–Crippen MR) is 233 cm³/mol. The van der Waals surface area contributed by atoms with Crippen LogP contribution in [-0.4, -0.2) is 119 Å². The molecule has 0 aromatic rings. The van der Waals surface area contributed by atoms with Gasteiger partial charge in [0.15, 0.2) is 0 Å². The maximum Gasteiger partial charge on any atom is 0.0701 e. The van der Waals surface area contributed by atoms with Crippen LogP contribution in [0.25, 0.3) is 0 Å². The Kier molecular flexibility index (Phi) is 54.3. The molecule has 338 valence electrons. The van der Waals surface area contributed by atoms with Crippen LogP contribution in [0.5, 0.6) is 0 Å². The van der Waals surface area contributed by atoms with Gasteiger partial charge in [0.2, 0.25) is 0 Å². The molecule has 0 rings (SSSR count). The van der Waals surface area contributed by atoms with Crippen LogP contribution in [0.15, 0.2) is 0 Å². The van der Waals surface area contributed by atoms with Crippen molar-refractivity contribution in [2.45, 2.75) is 187 Å². The molecule has 0 aliphatic carbocycles. The molecule has 0 saturated carbocycles. The quantitative estimate of drug-likeness (QED) is 0.0558. The van der Waals surface area contributed by atoms with Crippen LogP contribution in [0.2, 0.25) is 0 Å². The maximum atomic E-state index is 5.71. The molecule has 9 nitrogen and oxygen atoms in total. The van der Waals surface area contributed by atoms with Gasteiger partial charge in [0.05, 0.1) is 106 Å². The molecule has 9 heteroatoms. The molecule has 0 aliphatic rings. The summed E-state index contributed by atoms with van der Waals surface area (Å²) >= 11 is 0. The third-order valence-electron chi connectivity index (χ3n) is 10.0. The van der Waals surface area contributed by atoms with E-state index in [9.17, 15) is 0 Å². The van der Waals surface area contributed by atoms with Crippen LogP contribution < -0.4 is 0 Å². The predicted octanol–water partition coefficient (Wildman–Crippen LogP) is 11.7. The van der Waals surface area contributed by atoms with E-state index in [4.69, 9.17) is 42.6 Å². The molecular formula is C47H96O9. The van der Waals surface area contributed by atoms with Gasteiger partial charge in [-0.25, -0.2) is 0 Å². The third-order valence-corrected chi connectivity index (χ3v) is 10.0. The monoisotopic (exact) mass is 805 g/mol. The lowest BCUT2D eigenvalue weighted by Gasteiger charge is -2.09. The topological polar surface area (TPSA) is 83.1 Å². The molecule has 0 aromatic carbocycles. The van der Waals surface area contributed by atoms with Gasteiger partial charge in [-0.15, -0.1) is 0 Å². The van der Waals surface area contributed by atoms with Gasteiger partial charge < -0.3 is 42.6 Å². The van der Waals surface area contributed by atoms with Crippen molar-refractivity contribution >= 4 is 0 Å². The van der Waals surface area contributed by atoms with Crippen molar-refractivity contribution < 1.29 is 42.6 Å². The van der Waals surface area contributed by atoms with E-state index in [1.54, 1.807) is 0 Å². The van der Waals surface area contributed by atoms with Gasteiger partial charge in [0, 0.05) is 13.2 Å². The fourth-order valence-corrected chi connectivity index (χ4v) is 6.48. The maximum absolute atomic E-state index is 5.71. The van der Waals surface area contributed by atoms with E-state index in [-0.39, 0.29) is 0 Å². The summed E-state index contributed by atoms with van der Waals surface area (Å²) in [7, 11) is 0. The molecule has 0 spiro atoms. The zero-order valence-corrected chi connectivity index (χ0v) is 37.5. The minimum atomic E-state index is 0.544. The zero-order valence-electron chi connectivity index (χ0n) is 37.5. The largest absolute Gasteiger partial charge is 0.379 e. The smallest absolute Gasteiger partial charge is 0.0701 e. The van der Waals surface area contributed by atoms with Crippen LogP contribution in [-0.2, 0) is 42.6 Å². The van der Waals surface area contributed by atoms with E-state index in [0.717, 1.165) is 26.1 Å². The average Bonchev–Trinajstić information content (AvgIpc) is 3.21. The Balaban J connectivity index is 3.05. The molecule has 0 N–H and O–H groups in total. The fraction of sp³-hybridized carbons (Fsp3) is 1.00. The molecule has 0 bridgehead atoms. The Morgan fingerprint density at radius 1 is 0.143 bits per heavy atom. The second-order valence-electron chi connectivity index (χ2n) is 15.4. The minimum Gasteiger partial charge on any atom is -0.379 e. The van der Waals surface area contributed by atoms with Crippen molar-refractivity contribution in [3.63, 3.8) is 0 Å². The standard InChI is InChI=1S/C47H96O9/c1-3-5-7-9-11-13-15-16-17-18-19-20-21-23-25-27-29-31-49-33-35-51-37-39-53-41-43-55-45-47-56-46-44-54-42-40-52-38-36-50-34-32-48-30-28-26-24-22-14-12-10-8-6-4-2/h3-47H2,1-2H3. The molecule has 0 unspecified atom stereocenters. The van der Waals surface area contributed by atoms with Gasteiger partial charge in [-0.1, -0.05) is 174 Å². The first kappa shape index (κ1) is 55.6. The molecule has 0 atom stereocenters. The highest BCUT2D eigenvalue weighted by atomic mass is 16.6. The van der Waals surface area contributed by atoms with Crippen molar-refractivity contribution in [3.8, 4) is 0 Å². The van der Waals surface area contributed by atoms with Crippen LogP contribution in [0.1, 0.15) is 187 Å². The van der Waals surface area contributed by atoms with Crippen molar-refractivity contribution in [3.05, 3.63) is 0 Å². The summed E-state index contributed by atoms with van der Waals surface area (Å²) in [5.41, 5.74) is 0. The normalized spacial score (nSPS) is 11.7. The molecular weight excluding hydrogens is 709 g/mol. The summed E-state index contributed by atoms with van der Waals surface area (Å²) in [6.45, 7) is 15.5. The zero-order chi connectivity index (χ0) is 40.2. The van der Waals surface area contributed by atoms with E-state index < -0.39 is 0 Å². The highest BCUT2D eigenvalue weighted by Gasteiger charge is 1.98. The van der Waals surface area contributed by atoms with Crippen LogP contribution in [0.4, 0.5) is 0 Å². The molecule has 0 heterocycles. The Morgan fingerprint density at radius 3 is 0.429 bits per heavy atom. The van der Waals surface area contributed by atoms with E-state index in [1.165, 1.54) is 161 Å². The highest BCUT2D eigenvalue weighted by Crippen LogP contribution is 2.14. The number of ether oxygens (including phenoxy) is 9. The van der Waals surface area contributed by atoms with Gasteiger partial charge in [0.25, 0.3) is 0 Å². The van der Waals surface area contributed by atoms with E-state index >= 15 is 0 Å². The SMILES string of the molecule is CCCCCCCCCCCCCCCCCCCOCCOCCOCCOCCOCCOCCOCCOCCOCCCCCCCCCCCC. The minimum absolute atomic E-state index is 0.544. The van der Waals surface area contributed by atoms with Crippen molar-refractivity contribution in [1.29, 1.82) is 0 Å². The Hall–Kier alpha value is -0.360. The van der Waals surface area contributed by atoms with Crippen molar-refractivity contribution in [1.82, 2.24) is 0 Å². The van der Waals surface area contributed by atoms with E-state index in [1.807, 2.05) is 0 Å². The van der Waals surface area contributed by atoms with Crippen LogP contribution in [0, 0.1) is 0 Å². The second-order valence-corrected chi connectivity index (χ2v) is 15.4. The Bertz CT molecular complexity index is 603. The van der Waals surface area contributed by atoms with Gasteiger partial charge in [-0.2, -0.15) is 0 Å². The molecule has 0 radical (unpaired) electrons. The Morgan fingerprint density at radius 2 is 0.268 bits per heavy atom. The van der Waals surface area contributed by atoms with Gasteiger partial charge in [-0.05, 0) is 12.8 Å². The lowest BCUT2D eigenvalue weighted by molar-refractivity contribution is -0.0250. The summed E-state index contributed by atoms with van der Waals surface area (Å²) < 4.78 is 50.3. The Labute approximate surface area is 348 Å². The van der Waals surface area contributed by atoms with Gasteiger partial charge in [0.1, 0.15) is 0 Å². The summed E-state index contributed by atoms with van der Waals surface area (Å²) in [6, 6.07) is 0. The first-order valence-electron chi connectivity index (χ1n) is 24.1. The number of rotatable bonds is 53. The summed E-state index contributed by atoms with van der Waals surface area (Å²) in [5, 5.41) is 0. The van der Waals surface area contributed by atoms with Crippen molar-refractivity contribution in [2.75, 3.05) is 119 Å². The van der Waals surface area contributed by atoms with E-state index in [0.29, 0.717) is 106 Å². The fourth-order valence-electron chi connectivity index (χ4n) is 6.48. The van der Waals surface area contributed by atoms with Gasteiger partial charge in [-0.3, -0.25) is 0 Å². The third kappa shape index (κ3) is 53.6. The molecule has 0 saturated heterocycles. The van der Waals surface area contributed by atoms with Crippen LogP contribution >= 0.6 is 0 Å². The lowest BCUT2D eigenvalue weighted by atomic mass is 10.0. The second kappa shape index (κ2) is 54.6. The summed E-state index contributed by atoms with van der Waals surface area (Å²) in [5.74, 6) is 0. The van der Waals surface area contributed by atoms with E-state index in [2.05, 4.69) is 13.8 Å². The molecule has 0 aliphatic heterocycles. The molecule has 0 amide bonds. The van der Waals surface area contributed by atoms with Crippen LogP contribution in [0.3, 0.4) is 0 Å². The highest BCUT2D eigenvalue weighted by molar-refractivity contribution is 4.51. The first-order valence-corrected chi connectivity index (χ1v) is 24.1. The van der Waals surface area contributed by atoms with Crippen molar-refractivity contribution in [2.24, 2.45) is 0 Å².